The summed E-state index contributed by atoms with van der Waals surface area (Å²) in [4.78, 5) is 4.46. The van der Waals surface area contributed by atoms with Gasteiger partial charge in [-0.15, -0.1) is 0 Å². The molecular weight excluding hydrogens is 314 g/mol. The molecule has 5 nitrogen and oxygen atoms in total. The van der Waals surface area contributed by atoms with Crippen molar-refractivity contribution in [1.82, 2.24) is 5.32 Å². The van der Waals surface area contributed by atoms with Gasteiger partial charge in [-0.25, -0.2) is 4.99 Å². The van der Waals surface area contributed by atoms with E-state index in [1.807, 2.05) is 25.1 Å². The van der Waals surface area contributed by atoms with Crippen LogP contribution in [-0.4, -0.2) is 19.2 Å². The Kier molecular flexibility index (Phi) is 5.90. The second kappa shape index (κ2) is 8.53. The van der Waals surface area contributed by atoms with Gasteiger partial charge in [-0.2, -0.15) is 0 Å². The van der Waals surface area contributed by atoms with Gasteiger partial charge in [0.2, 0.25) is 0 Å². The lowest BCUT2D eigenvalue weighted by Crippen LogP contribution is -2.37. The molecule has 0 saturated heterocycles. The van der Waals surface area contributed by atoms with Crippen LogP contribution in [0, 0.1) is 0 Å². The van der Waals surface area contributed by atoms with Crippen LogP contribution in [0.3, 0.4) is 0 Å². The summed E-state index contributed by atoms with van der Waals surface area (Å²) in [5, 5.41) is 3.31. The van der Waals surface area contributed by atoms with Gasteiger partial charge in [-0.3, -0.25) is 0 Å². The number of aliphatic imine (C=N–C) groups is 1. The maximum Gasteiger partial charge on any atom is 0.189 e. The number of para-hydroxylation sites is 1. The smallest absolute Gasteiger partial charge is 0.189 e. The van der Waals surface area contributed by atoms with E-state index in [1.54, 1.807) is 0 Å². The van der Waals surface area contributed by atoms with Crippen LogP contribution in [0.2, 0.25) is 0 Å². The molecule has 2 aromatic carbocycles. The van der Waals surface area contributed by atoms with Crippen LogP contribution in [0.1, 0.15) is 36.1 Å². The van der Waals surface area contributed by atoms with Gasteiger partial charge in [-0.1, -0.05) is 42.5 Å². The summed E-state index contributed by atoms with van der Waals surface area (Å²) in [6.45, 7) is 4.61. The van der Waals surface area contributed by atoms with Crippen molar-refractivity contribution in [2.45, 2.75) is 32.5 Å². The molecule has 0 amide bonds. The summed E-state index contributed by atoms with van der Waals surface area (Å²) in [5.74, 6) is 1.38. The van der Waals surface area contributed by atoms with Crippen molar-refractivity contribution in [3.05, 3.63) is 65.2 Å². The highest BCUT2D eigenvalue weighted by Gasteiger charge is 2.21. The topological polar surface area (TPSA) is 68.9 Å². The molecule has 3 N–H and O–H groups in total. The van der Waals surface area contributed by atoms with E-state index in [1.165, 1.54) is 5.56 Å². The van der Waals surface area contributed by atoms with Gasteiger partial charge in [0.05, 0.1) is 25.8 Å². The van der Waals surface area contributed by atoms with Crippen molar-refractivity contribution in [3.63, 3.8) is 0 Å². The second-order valence-corrected chi connectivity index (χ2v) is 6.03. The summed E-state index contributed by atoms with van der Waals surface area (Å²) in [6, 6.07) is 16.5. The van der Waals surface area contributed by atoms with Crippen molar-refractivity contribution >= 4 is 5.96 Å². The largest absolute Gasteiger partial charge is 0.493 e. The number of fused-ring (bicyclic) bond motifs is 1. The monoisotopic (exact) mass is 339 g/mol. The predicted molar refractivity (Wildman–Crippen MR) is 99.5 cm³/mol. The quantitative estimate of drug-likeness (QED) is 0.627. The van der Waals surface area contributed by atoms with Gasteiger partial charge in [0.15, 0.2) is 5.96 Å². The van der Waals surface area contributed by atoms with Gasteiger partial charge in [0.1, 0.15) is 5.75 Å². The van der Waals surface area contributed by atoms with Gasteiger partial charge in [-0.05, 0) is 24.1 Å². The van der Waals surface area contributed by atoms with Crippen LogP contribution in [-0.2, 0) is 17.9 Å². The minimum atomic E-state index is 0.141. The molecule has 1 atom stereocenters. The zero-order valence-corrected chi connectivity index (χ0v) is 14.6. The van der Waals surface area contributed by atoms with E-state index in [2.05, 4.69) is 40.6 Å². The van der Waals surface area contributed by atoms with Crippen molar-refractivity contribution in [3.8, 4) is 5.75 Å². The SMILES string of the molecule is CCOCc1ccc(CN=C(N)NC2CCOc3ccccc32)cc1. The number of hydrogen-bond donors (Lipinski definition) is 2. The van der Waals surface area contributed by atoms with Crippen molar-refractivity contribution in [1.29, 1.82) is 0 Å². The Morgan fingerprint density at radius 3 is 2.76 bits per heavy atom. The summed E-state index contributed by atoms with van der Waals surface area (Å²) in [5.41, 5.74) is 9.50. The molecule has 2 aromatic rings. The number of ether oxygens (including phenoxy) is 2. The van der Waals surface area contributed by atoms with Crippen molar-refractivity contribution < 1.29 is 9.47 Å². The zero-order valence-electron chi connectivity index (χ0n) is 14.6. The lowest BCUT2D eigenvalue weighted by molar-refractivity contribution is 0.134. The van der Waals surface area contributed by atoms with Gasteiger partial charge < -0.3 is 20.5 Å². The first-order valence-corrected chi connectivity index (χ1v) is 8.70. The molecule has 0 spiro atoms. The molecule has 0 radical (unpaired) electrons. The van der Waals surface area contributed by atoms with Crippen LogP contribution in [0.5, 0.6) is 5.75 Å². The first-order valence-electron chi connectivity index (χ1n) is 8.70. The Morgan fingerprint density at radius 1 is 1.20 bits per heavy atom. The fourth-order valence-corrected chi connectivity index (χ4v) is 2.85. The molecule has 0 saturated carbocycles. The average Bonchev–Trinajstić information content (AvgIpc) is 2.66. The summed E-state index contributed by atoms with van der Waals surface area (Å²) >= 11 is 0. The van der Waals surface area contributed by atoms with Gasteiger partial charge in [0.25, 0.3) is 0 Å². The molecule has 5 heteroatoms. The zero-order chi connectivity index (χ0) is 17.5. The minimum absolute atomic E-state index is 0.141. The fourth-order valence-electron chi connectivity index (χ4n) is 2.85. The lowest BCUT2D eigenvalue weighted by atomic mass is 10.0. The molecule has 1 unspecified atom stereocenters. The van der Waals surface area contributed by atoms with Crippen LogP contribution in [0.15, 0.2) is 53.5 Å². The van der Waals surface area contributed by atoms with Crippen LogP contribution in [0.25, 0.3) is 0 Å². The van der Waals surface area contributed by atoms with E-state index < -0.39 is 0 Å². The molecule has 0 aromatic heterocycles. The van der Waals surface area contributed by atoms with E-state index in [0.29, 0.717) is 25.7 Å². The van der Waals surface area contributed by atoms with E-state index in [4.69, 9.17) is 15.2 Å². The van der Waals surface area contributed by atoms with E-state index in [0.717, 1.165) is 29.9 Å². The lowest BCUT2D eigenvalue weighted by Gasteiger charge is -2.26. The number of nitrogens with two attached hydrogens (primary N) is 1. The normalized spacial score (nSPS) is 16.8. The maximum absolute atomic E-state index is 6.08. The number of rotatable bonds is 6. The number of hydrogen-bond acceptors (Lipinski definition) is 3. The van der Waals surface area contributed by atoms with Crippen LogP contribution in [0.4, 0.5) is 0 Å². The molecular formula is C20H25N3O2. The Morgan fingerprint density at radius 2 is 1.96 bits per heavy atom. The third-order valence-electron chi connectivity index (χ3n) is 4.21. The third kappa shape index (κ3) is 4.73. The van der Waals surface area contributed by atoms with E-state index in [9.17, 15) is 0 Å². The second-order valence-electron chi connectivity index (χ2n) is 6.03. The molecule has 0 aliphatic carbocycles. The Hall–Kier alpha value is -2.53. The Balaban J connectivity index is 1.57. The van der Waals surface area contributed by atoms with Gasteiger partial charge >= 0.3 is 0 Å². The minimum Gasteiger partial charge on any atom is -0.493 e. The summed E-state index contributed by atoms with van der Waals surface area (Å²) in [6.07, 6.45) is 0.874. The summed E-state index contributed by atoms with van der Waals surface area (Å²) < 4.78 is 11.1. The highest BCUT2D eigenvalue weighted by Crippen LogP contribution is 2.31. The molecule has 0 bridgehead atoms. The van der Waals surface area contributed by atoms with E-state index >= 15 is 0 Å². The average molecular weight is 339 g/mol. The third-order valence-corrected chi connectivity index (χ3v) is 4.21. The first-order chi connectivity index (χ1) is 12.3. The van der Waals surface area contributed by atoms with Crippen LogP contribution < -0.4 is 15.8 Å². The Bertz CT molecular complexity index is 713. The van der Waals surface area contributed by atoms with Crippen molar-refractivity contribution in [2.24, 2.45) is 10.7 Å². The number of nitrogens with one attached hydrogen (secondary N) is 1. The van der Waals surface area contributed by atoms with Crippen LogP contribution >= 0.6 is 0 Å². The standard InChI is InChI=1S/C20H25N3O2/c1-2-24-14-16-9-7-15(8-10-16)13-22-20(21)23-18-11-12-25-19-6-4-3-5-17(18)19/h3-10,18H,2,11-14H2,1H3,(H3,21,22,23). The number of nitrogens with zero attached hydrogens (tertiary/aromatic N) is 1. The molecule has 0 fully saturated rings. The highest BCUT2D eigenvalue weighted by atomic mass is 16.5. The molecule has 1 aliphatic heterocycles. The molecule has 132 valence electrons. The number of guanidine groups is 1. The van der Waals surface area contributed by atoms with E-state index in [-0.39, 0.29) is 6.04 Å². The summed E-state index contributed by atoms with van der Waals surface area (Å²) in [7, 11) is 0. The maximum atomic E-state index is 6.08. The van der Waals surface area contributed by atoms with Gasteiger partial charge in [0, 0.05) is 18.6 Å². The molecule has 1 heterocycles. The predicted octanol–water partition coefficient (Wildman–Crippen LogP) is 3.15. The number of benzene rings is 2. The highest BCUT2D eigenvalue weighted by molar-refractivity contribution is 5.78. The Labute approximate surface area is 148 Å². The fraction of sp³-hybridized carbons (Fsp3) is 0.350. The molecule has 25 heavy (non-hydrogen) atoms. The molecule has 1 aliphatic rings. The first kappa shape index (κ1) is 17.3. The van der Waals surface area contributed by atoms with Crippen molar-refractivity contribution in [2.75, 3.05) is 13.2 Å². The molecule has 3 rings (SSSR count).